The number of ether oxygens (including phenoxy) is 1. The number of esters is 1. The fraction of sp³-hybridized carbons (Fsp3) is 0.389. The van der Waals surface area contributed by atoms with Gasteiger partial charge in [0.2, 0.25) is 0 Å². The molecule has 0 aromatic heterocycles. The van der Waals surface area contributed by atoms with Crippen LogP contribution in [0.4, 0.5) is 0 Å². The van der Waals surface area contributed by atoms with E-state index >= 15 is 0 Å². The van der Waals surface area contributed by atoms with E-state index in [1.807, 2.05) is 0 Å². The molecule has 0 spiro atoms. The number of carbonyl (C=O) groups is 2. The number of benzene rings is 1. The largest absolute Gasteiger partial charge is 0.468 e. The van der Waals surface area contributed by atoms with Crippen molar-refractivity contribution in [2.75, 3.05) is 7.11 Å². The molecule has 126 valence electrons. The van der Waals surface area contributed by atoms with E-state index in [9.17, 15) is 9.59 Å². The number of rotatable bonds is 2. The summed E-state index contributed by atoms with van der Waals surface area (Å²) in [5, 5.41) is 0.935. The first-order chi connectivity index (χ1) is 11.4. The van der Waals surface area contributed by atoms with E-state index in [4.69, 9.17) is 27.9 Å². The Balaban J connectivity index is 2.22. The quantitative estimate of drug-likeness (QED) is 0.732. The second-order valence-electron chi connectivity index (χ2n) is 6.03. The molecule has 3 rings (SSSR count). The molecule has 1 aliphatic carbocycles. The maximum absolute atomic E-state index is 12.6. The van der Waals surface area contributed by atoms with Crippen LogP contribution in [0, 0.1) is 5.92 Å². The minimum atomic E-state index is -0.658. The van der Waals surface area contributed by atoms with Gasteiger partial charge >= 0.3 is 5.97 Å². The van der Waals surface area contributed by atoms with Crippen LogP contribution in [0.5, 0.6) is 0 Å². The molecule has 0 bridgehead atoms. The molecule has 1 aliphatic heterocycles. The zero-order chi connectivity index (χ0) is 17.4. The number of carbonyl (C=O) groups excluding carboxylic acids is 2. The van der Waals surface area contributed by atoms with Crippen LogP contribution >= 0.6 is 23.2 Å². The van der Waals surface area contributed by atoms with Crippen LogP contribution < -0.4 is 0 Å². The van der Waals surface area contributed by atoms with Crippen LogP contribution in [0.2, 0.25) is 10.0 Å². The molecule has 0 saturated carbocycles. The Morgan fingerprint density at radius 2 is 2.04 bits per heavy atom. The maximum Gasteiger partial charge on any atom is 0.315 e. The van der Waals surface area contributed by atoms with Gasteiger partial charge in [-0.3, -0.25) is 14.6 Å². The molecule has 4 nitrogen and oxygen atoms in total. The average Bonchev–Trinajstić information content (AvgIpc) is 2.53. The second-order valence-corrected chi connectivity index (χ2v) is 6.88. The highest BCUT2D eigenvalue weighted by Crippen LogP contribution is 2.45. The van der Waals surface area contributed by atoms with Crippen LogP contribution in [0.25, 0.3) is 0 Å². The molecule has 6 heteroatoms. The van der Waals surface area contributed by atoms with Crippen LogP contribution in [-0.2, 0) is 14.3 Å². The van der Waals surface area contributed by atoms with Crippen molar-refractivity contribution in [2.24, 2.45) is 10.9 Å². The summed E-state index contributed by atoms with van der Waals surface area (Å²) in [6, 6.07) is 5.11. The average molecular weight is 366 g/mol. The Hall–Kier alpha value is -1.65. The number of ketones is 1. The zero-order valence-electron chi connectivity index (χ0n) is 13.4. The van der Waals surface area contributed by atoms with Crippen molar-refractivity contribution in [1.82, 2.24) is 0 Å². The first kappa shape index (κ1) is 17.2. The number of hydrogen-bond acceptors (Lipinski definition) is 4. The highest BCUT2D eigenvalue weighted by Gasteiger charge is 2.43. The Kier molecular flexibility index (Phi) is 4.79. The highest BCUT2D eigenvalue weighted by molar-refractivity contribution is 6.35. The summed E-state index contributed by atoms with van der Waals surface area (Å²) in [6.07, 6.45) is 1.97. The maximum atomic E-state index is 12.6. The van der Waals surface area contributed by atoms with Gasteiger partial charge in [-0.1, -0.05) is 29.3 Å². The number of hydrogen-bond donors (Lipinski definition) is 0. The summed E-state index contributed by atoms with van der Waals surface area (Å²) in [4.78, 5) is 29.6. The molecule has 1 aromatic rings. The first-order valence-corrected chi connectivity index (χ1v) is 8.53. The number of nitrogens with zero attached hydrogens (tertiary/aromatic N) is 1. The molecule has 1 heterocycles. The van der Waals surface area contributed by atoms with Crippen LogP contribution in [0.1, 0.15) is 37.7 Å². The van der Waals surface area contributed by atoms with Gasteiger partial charge in [-0.15, -0.1) is 0 Å². The molecule has 0 amide bonds. The van der Waals surface area contributed by atoms with Gasteiger partial charge in [-0.25, -0.2) is 0 Å². The van der Waals surface area contributed by atoms with Gasteiger partial charge in [-0.2, -0.15) is 0 Å². The fourth-order valence-electron chi connectivity index (χ4n) is 3.53. The molecule has 1 aromatic carbocycles. The lowest BCUT2D eigenvalue weighted by Gasteiger charge is -2.34. The SMILES string of the molecule is COC(=O)C1C(C)=NC2=C(C(=O)CCC2)[C@@H]1c1ccc(Cl)cc1Cl. The third-order valence-corrected chi connectivity index (χ3v) is 5.15. The van der Waals surface area contributed by atoms with E-state index in [1.54, 1.807) is 25.1 Å². The molecular weight excluding hydrogens is 349 g/mol. The number of aliphatic imine (C=N–C) groups is 1. The van der Waals surface area contributed by atoms with Crippen LogP contribution in [0.3, 0.4) is 0 Å². The zero-order valence-corrected chi connectivity index (χ0v) is 14.9. The summed E-state index contributed by atoms with van der Waals surface area (Å²) in [6.45, 7) is 1.79. The molecule has 0 saturated heterocycles. The number of methoxy groups -OCH3 is 1. The van der Waals surface area contributed by atoms with E-state index in [0.717, 1.165) is 18.5 Å². The minimum Gasteiger partial charge on any atom is -0.468 e. The first-order valence-electron chi connectivity index (χ1n) is 7.78. The molecule has 2 aliphatic rings. The highest BCUT2D eigenvalue weighted by atomic mass is 35.5. The van der Waals surface area contributed by atoms with Crippen molar-refractivity contribution in [1.29, 1.82) is 0 Å². The predicted molar refractivity (Wildman–Crippen MR) is 93.7 cm³/mol. The van der Waals surface area contributed by atoms with Crippen LogP contribution in [-0.4, -0.2) is 24.6 Å². The van der Waals surface area contributed by atoms with E-state index in [-0.39, 0.29) is 5.78 Å². The predicted octanol–water partition coefficient (Wildman–Crippen LogP) is 4.35. The normalized spacial score (nSPS) is 23.7. The van der Waals surface area contributed by atoms with Crippen molar-refractivity contribution < 1.29 is 14.3 Å². The summed E-state index contributed by atoms with van der Waals surface area (Å²) in [7, 11) is 1.34. The van der Waals surface area contributed by atoms with Crippen molar-refractivity contribution >= 4 is 40.7 Å². The molecule has 24 heavy (non-hydrogen) atoms. The van der Waals surface area contributed by atoms with Gasteiger partial charge in [0, 0.05) is 39.4 Å². The van der Waals surface area contributed by atoms with Gasteiger partial charge in [0.25, 0.3) is 0 Å². The van der Waals surface area contributed by atoms with Crippen LogP contribution in [0.15, 0.2) is 34.5 Å². The molecule has 1 unspecified atom stereocenters. The van der Waals surface area contributed by atoms with Gasteiger partial charge < -0.3 is 4.74 Å². The van der Waals surface area contributed by atoms with Crippen molar-refractivity contribution in [3.8, 4) is 0 Å². The molecule has 0 fully saturated rings. The Morgan fingerprint density at radius 1 is 1.29 bits per heavy atom. The molecule has 0 N–H and O–H groups in total. The smallest absolute Gasteiger partial charge is 0.315 e. The topological polar surface area (TPSA) is 55.7 Å². The summed E-state index contributed by atoms with van der Waals surface area (Å²) >= 11 is 12.4. The van der Waals surface area contributed by atoms with E-state index in [2.05, 4.69) is 4.99 Å². The van der Waals surface area contributed by atoms with Gasteiger partial charge in [0.15, 0.2) is 5.78 Å². The lowest BCUT2D eigenvalue weighted by atomic mass is 9.72. The second kappa shape index (κ2) is 6.69. The Labute approximate surface area is 150 Å². The van der Waals surface area contributed by atoms with Crippen molar-refractivity contribution in [2.45, 2.75) is 32.1 Å². The monoisotopic (exact) mass is 365 g/mol. The standard InChI is InChI=1S/C18H17Cl2NO3/c1-9-15(18(23)24-2)16(11-7-6-10(19)8-12(11)20)17-13(21-9)4-3-5-14(17)22/h6-8,15-16H,3-5H2,1-2H3/t15?,16-/m1/s1. The van der Waals surface area contributed by atoms with Crippen molar-refractivity contribution in [3.05, 3.63) is 45.1 Å². The third-order valence-electron chi connectivity index (χ3n) is 4.59. The van der Waals surface area contributed by atoms with Gasteiger partial charge in [0.1, 0.15) is 5.92 Å². The summed E-state index contributed by atoms with van der Waals surface area (Å²) in [5.41, 5.74) is 2.70. The number of halogens is 2. The lowest BCUT2D eigenvalue weighted by molar-refractivity contribution is -0.143. The van der Waals surface area contributed by atoms with E-state index in [1.165, 1.54) is 7.11 Å². The lowest BCUT2D eigenvalue weighted by Crippen LogP contribution is -2.37. The summed E-state index contributed by atoms with van der Waals surface area (Å²) < 4.78 is 4.97. The molecular formula is C18H17Cl2NO3. The van der Waals surface area contributed by atoms with Gasteiger partial charge in [0.05, 0.1) is 7.11 Å². The van der Waals surface area contributed by atoms with Crippen molar-refractivity contribution in [3.63, 3.8) is 0 Å². The molecule has 0 radical (unpaired) electrons. The third kappa shape index (κ3) is 2.89. The molecule has 2 atom stereocenters. The van der Waals surface area contributed by atoms with Gasteiger partial charge in [-0.05, 0) is 37.5 Å². The minimum absolute atomic E-state index is 0.0254. The Morgan fingerprint density at radius 3 is 2.71 bits per heavy atom. The Bertz CT molecular complexity index is 782. The fourth-order valence-corrected chi connectivity index (χ4v) is 4.05. The number of Topliss-reactive ketones (excluding diaryl/α,β-unsaturated/α-hetero) is 1. The van der Waals surface area contributed by atoms with E-state index in [0.29, 0.717) is 33.3 Å². The number of allylic oxidation sites excluding steroid dienone is 2. The summed E-state index contributed by atoms with van der Waals surface area (Å²) in [5.74, 6) is -1.54. The van der Waals surface area contributed by atoms with E-state index < -0.39 is 17.8 Å².